The van der Waals surface area contributed by atoms with Gasteiger partial charge in [0.2, 0.25) is 0 Å². The van der Waals surface area contributed by atoms with Gasteiger partial charge in [-0.15, -0.1) is 0 Å². The van der Waals surface area contributed by atoms with Crippen LogP contribution in [0.3, 0.4) is 0 Å². The van der Waals surface area contributed by atoms with Crippen LogP contribution >= 0.6 is 15.9 Å². The van der Waals surface area contributed by atoms with Crippen molar-refractivity contribution in [2.45, 2.75) is 32.7 Å². The SMILES string of the molecule is CCn1c(C(C)(C)C(=O)O)cc2ccc(Br)cc21. The number of nitrogens with zero attached hydrogens (tertiary/aromatic N) is 1. The van der Waals surface area contributed by atoms with Gasteiger partial charge in [0.05, 0.1) is 0 Å². The fourth-order valence-electron chi connectivity index (χ4n) is 2.20. The quantitative estimate of drug-likeness (QED) is 0.937. The molecule has 0 aliphatic heterocycles. The van der Waals surface area contributed by atoms with E-state index in [1.54, 1.807) is 13.8 Å². The van der Waals surface area contributed by atoms with Gasteiger partial charge in [0.15, 0.2) is 0 Å². The Morgan fingerprint density at radius 3 is 2.61 bits per heavy atom. The second kappa shape index (κ2) is 4.43. The molecule has 1 heterocycles. The standard InChI is InChI=1S/C14H16BrNO2/c1-4-16-11-8-10(15)6-5-9(11)7-12(16)14(2,3)13(17)18/h5-8H,4H2,1-3H3,(H,17,18). The lowest BCUT2D eigenvalue weighted by Gasteiger charge is -2.21. The van der Waals surface area contributed by atoms with Crippen molar-refractivity contribution >= 4 is 32.8 Å². The van der Waals surface area contributed by atoms with Crippen LogP contribution in [0.15, 0.2) is 28.7 Å². The van der Waals surface area contributed by atoms with Gasteiger partial charge in [0, 0.05) is 22.2 Å². The molecule has 3 nitrogen and oxygen atoms in total. The van der Waals surface area contributed by atoms with E-state index in [1.807, 2.05) is 31.2 Å². The third-order valence-corrected chi connectivity index (χ3v) is 3.85. The number of halogens is 1. The normalized spacial score (nSPS) is 12.0. The molecule has 1 aromatic heterocycles. The minimum Gasteiger partial charge on any atom is -0.481 e. The van der Waals surface area contributed by atoms with Crippen molar-refractivity contribution in [1.82, 2.24) is 4.57 Å². The summed E-state index contributed by atoms with van der Waals surface area (Å²) in [5.41, 5.74) is 1.02. The number of hydrogen-bond acceptors (Lipinski definition) is 1. The zero-order chi connectivity index (χ0) is 13.5. The minimum absolute atomic E-state index is 0.756. The third-order valence-electron chi connectivity index (χ3n) is 3.36. The van der Waals surface area contributed by atoms with Crippen molar-refractivity contribution in [3.63, 3.8) is 0 Å². The average Bonchev–Trinajstić information content (AvgIpc) is 2.66. The summed E-state index contributed by atoms with van der Waals surface area (Å²) in [6, 6.07) is 7.98. The highest BCUT2D eigenvalue weighted by Crippen LogP contribution is 2.31. The first-order valence-electron chi connectivity index (χ1n) is 5.90. The van der Waals surface area contributed by atoms with Crippen LogP contribution in [0.4, 0.5) is 0 Å². The highest BCUT2D eigenvalue weighted by atomic mass is 79.9. The molecule has 0 amide bonds. The van der Waals surface area contributed by atoms with Crippen molar-refractivity contribution < 1.29 is 9.90 Å². The summed E-state index contributed by atoms with van der Waals surface area (Å²) in [4.78, 5) is 11.4. The van der Waals surface area contributed by atoms with E-state index in [1.165, 1.54) is 0 Å². The van der Waals surface area contributed by atoms with Gasteiger partial charge in [-0.05, 0) is 44.4 Å². The van der Waals surface area contributed by atoms with E-state index in [9.17, 15) is 9.90 Å². The number of aryl methyl sites for hydroxylation is 1. The molecule has 18 heavy (non-hydrogen) atoms. The molecular formula is C14H16BrNO2. The Bertz CT molecular complexity index is 614. The van der Waals surface area contributed by atoms with E-state index in [-0.39, 0.29) is 0 Å². The van der Waals surface area contributed by atoms with E-state index in [0.717, 1.165) is 27.6 Å². The van der Waals surface area contributed by atoms with Gasteiger partial charge in [-0.2, -0.15) is 0 Å². The topological polar surface area (TPSA) is 42.2 Å². The van der Waals surface area contributed by atoms with Gasteiger partial charge in [-0.25, -0.2) is 0 Å². The van der Waals surface area contributed by atoms with Crippen LogP contribution in [-0.2, 0) is 16.8 Å². The molecule has 0 bridgehead atoms. The monoisotopic (exact) mass is 309 g/mol. The van der Waals surface area contributed by atoms with Crippen LogP contribution in [-0.4, -0.2) is 15.6 Å². The first-order valence-corrected chi connectivity index (χ1v) is 6.70. The van der Waals surface area contributed by atoms with Crippen LogP contribution in [0.1, 0.15) is 26.5 Å². The first kappa shape index (κ1) is 13.1. The fraction of sp³-hybridized carbons (Fsp3) is 0.357. The number of benzene rings is 1. The van der Waals surface area contributed by atoms with Crippen LogP contribution in [0, 0.1) is 0 Å². The van der Waals surface area contributed by atoms with E-state index >= 15 is 0 Å². The lowest BCUT2D eigenvalue weighted by Crippen LogP contribution is -2.31. The molecule has 2 rings (SSSR count). The van der Waals surface area contributed by atoms with Crippen molar-refractivity contribution in [3.05, 3.63) is 34.4 Å². The Labute approximate surface area is 115 Å². The maximum atomic E-state index is 11.4. The van der Waals surface area contributed by atoms with Gasteiger partial charge in [0.1, 0.15) is 5.41 Å². The van der Waals surface area contributed by atoms with Gasteiger partial charge >= 0.3 is 5.97 Å². The van der Waals surface area contributed by atoms with Gasteiger partial charge in [-0.3, -0.25) is 4.79 Å². The lowest BCUT2D eigenvalue weighted by atomic mass is 9.89. The predicted molar refractivity (Wildman–Crippen MR) is 76.0 cm³/mol. The molecule has 0 unspecified atom stereocenters. The number of rotatable bonds is 3. The second-order valence-corrected chi connectivity index (χ2v) is 5.82. The highest BCUT2D eigenvalue weighted by molar-refractivity contribution is 9.10. The van der Waals surface area contributed by atoms with Crippen molar-refractivity contribution in [3.8, 4) is 0 Å². The number of hydrogen-bond donors (Lipinski definition) is 1. The Balaban J connectivity index is 2.76. The van der Waals surface area contributed by atoms with E-state index in [2.05, 4.69) is 20.5 Å². The summed E-state index contributed by atoms with van der Waals surface area (Å²) in [7, 11) is 0. The van der Waals surface area contributed by atoms with Crippen LogP contribution in [0.2, 0.25) is 0 Å². The minimum atomic E-state index is -0.887. The third kappa shape index (κ3) is 1.94. The molecule has 2 aromatic rings. The van der Waals surface area contributed by atoms with Crippen molar-refractivity contribution in [2.24, 2.45) is 0 Å². The van der Waals surface area contributed by atoms with E-state index < -0.39 is 11.4 Å². The maximum absolute atomic E-state index is 11.4. The number of carboxylic acids is 1. The summed E-state index contributed by atoms with van der Waals surface area (Å²) in [5.74, 6) is -0.806. The smallest absolute Gasteiger partial charge is 0.315 e. The second-order valence-electron chi connectivity index (χ2n) is 4.91. The molecule has 0 saturated carbocycles. The summed E-state index contributed by atoms with van der Waals surface area (Å²) in [5, 5.41) is 10.4. The summed E-state index contributed by atoms with van der Waals surface area (Å²) < 4.78 is 3.07. The summed E-state index contributed by atoms with van der Waals surface area (Å²) in [6.45, 7) is 6.27. The molecule has 0 aliphatic carbocycles. The molecule has 1 N–H and O–H groups in total. The molecular weight excluding hydrogens is 294 g/mol. The molecule has 96 valence electrons. The van der Waals surface area contributed by atoms with E-state index in [0.29, 0.717) is 0 Å². The molecule has 1 aromatic carbocycles. The Kier molecular flexibility index (Phi) is 3.23. The largest absolute Gasteiger partial charge is 0.481 e. The first-order chi connectivity index (χ1) is 8.37. The Hall–Kier alpha value is -1.29. The zero-order valence-electron chi connectivity index (χ0n) is 10.7. The maximum Gasteiger partial charge on any atom is 0.315 e. The fourth-order valence-corrected chi connectivity index (χ4v) is 2.54. The van der Waals surface area contributed by atoms with Crippen molar-refractivity contribution in [1.29, 1.82) is 0 Å². The number of aliphatic carboxylic acids is 1. The Morgan fingerprint density at radius 2 is 2.06 bits per heavy atom. The van der Waals surface area contributed by atoms with Gasteiger partial charge in [-0.1, -0.05) is 22.0 Å². The molecule has 0 radical (unpaired) electrons. The molecule has 0 spiro atoms. The number of carboxylic acid groups (broad SMARTS) is 1. The van der Waals surface area contributed by atoms with Gasteiger partial charge < -0.3 is 9.67 Å². The van der Waals surface area contributed by atoms with Crippen molar-refractivity contribution in [2.75, 3.05) is 0 Å². The lowest BCUT2D eigenvalue weighted by molar-refractivity contribution is -0.142. The van der Waals surface area contributed by atoms with Crippen LogP contribution in [0.5, 0.6) is 0 Å². The van der Waals surface area contributed by atoms with Gasteiger partial charge in [0.25, 0.3) is 0 Å². The zero-order valence-corrected chi connectivity index (χ0v) is 12.3. The molecule has 0 fully saturated rings. The highest BCUT2D eigenvalue weighted by Gasteiger charge is 2.33. The number of fused-ring (bicyclic) bond motifs is 1. The molecule has 0 saturated heterocycles. The number of aromatic nitrogens is 1. The van der Waals surface area contributed by atoms with Crippen LogP contribution < -0.4 is 0 Å². The summed E-state index contributed by atoms with van der Waals surface area (Å²) >= 11 is 3.45. The molecule has 4 heteroatoms. The molecule has 0 atom stereocenters. The molecule has 0 aliphatic rings. The Morgan fingerprint density at radius 1 is 1.39 bits per heavy atom. The average molecular weight is 310 g/mol. The number of carbonyl (C=O) groups is 1. The van der Waals surface area contributed by atoms with Crippen LogP contribution in [0.25, 0.3) is 10.9 Å². The predicted octanol–water partition coefficient (Wildman–Crippen LogP) is 3.79. The van der Waals surface area contributed by atoms with E-state index in [4.69, 9.17) is 0 Å². The summed E-state index contributed by atoms with van der Waals surface area (Å²) in [6.07, 6.45) is 0.